The zero-order chi connectivity index (χ0) is 15.4. The van der Waals surface area contributed by atoms with Gasteiger partial charge >= 0.3 is 0 Å². The number of hydrogen-bond acceptors (Lipinski definition) is 4. The predicted molar refractivity (Wildman–Crippen MR) is 94.3 cm³/mol. The Morgan fingerprint density at radius 3 is 2.35 bits per heavy atom. The number of nitrogens with zero attached hydrogens (tertiary/aromatic N) is 2. The molecule has 2 aromatic rings. The first-order valence-corrected chi connectivity index (χ1v) is 6.70. The molecule has 0 fully saturated rings. The van der Waals surface area contributed by atoms with Crippen LogP contribution < -0.4 is 15.8 Å². The van der Waals surface area contributed by atoms with Crippen LogP contribution in [0.5, 0.6) is 5.75 Å². The minimum atomic E-state index is -0.578. The highest BCUT2D eigenvalue weighted by molar-refractivity contribution is 5.85. The molecular formula is C15H22Cl2N4O2. The van der Waals surface area contributed by atoms with Crippen molar-refractivity contribution in [3.8, 4) is 5.75 Å². The third-order valence-electron chi connectivity index (χ3n) is 3.27. The molecule has 0 bridgehead atoms. The predicted octanol–water partition coefficient (Wildman–Crippen LogP) is 1.83. The molecule has 1 amide bonds. The molecule has 1 aromatic heterocycles. The molecule has 0 aliphatic rings. The van der Waals surface area contributed by atoms with Gasteiger partial charge in [0, 0.05) is 19.4 Å². The number of nitrogens with one attached hydrogen (secondary N) is 1. The van der Waals surface area contributed by atoms with Gasteiger partial charge in [-0.05, 0) is 24.6 Å². The molecule has 0 aliphatic carbocycles. The van der Waals surface area contributed by atoms with E-state index in [0.717, 1.165) is 17.1 Å². The summed E-state index contributed by atoms with van der Waals surface area (Å²) < 4.78 is 7.03. The van der Waals surface area contributed by atoms with Gasteiger partial charge in [0.2, 0.25) is 5.91 Å². The number of hydrogen-bond donors (Lipinski definition) is 2. The molecule has 0 radical (unpaired) electrons. The van der Waals surface area contributed by atoms with E-state index in [4.69, 9.17) is 10.5 Å². The van der Waals surface area contributed by atoms with Crippen LogP contribution in [0.4, 0.5) is 0 Å². The third kappa shape index (κ3) is 5.13. The average Bonchev–Trinajstić information content (AvgIpc) is 2.90. The number of halogens is 2. The number of ether oxygens (including phenoxy) is 1. The molecule has 1 heterocycles. The standard InChI is InChI=1S/C15H20N4O2.2ClH/c1-10(16)15(20)18-13(14-17-8-9-19(14)2)11-4-6-12(21-3)7-5-11;;/h4-10,13H,16H2,1-3H3,(H,18,20);2*1H/t10-,13?;;/m1../s1. The Kier molecular flexibility index (Phi) is 8.68. The highest BCUT2D eigenvalue weighted by atomic mass is 35.5. The Morgan fingerprint density at radius 2 is 1.91 bits per heavy atom. The lowest BCUT2D eigenvalue weighted by atomic mass is 10.1. The highest BCUT2D eigenvalue weighted by Gasteiger charge is 2.22. The molecule has 0 spiro atoms. The van der Waals surface area contributed by atoms with Crippen LogP contribution in [-0.2, 0) is 11.8 Å². The number of benzene rings is 1. The maximum Gasteiger partial charge on any atom is 0.237 e. The van der Waals surface area contributed by atoms with Crippen LogP contribution >= 0.6 is 24.8 Å². The SMILES string of the molecule is COc1ccc(C(NC(=O)[C@@H](C)N)c2nccn2C)cc1.Cl.Cl. The van der Waals surface area contributed by atoms with Gasteiger partial charge in [0.15, 0.2) is 0 Å². The zero-order valence-electron chi connectivity index (χ0n) is 13.2. The fourth-order valence-electron chi connectivity index (χ4n) is 2.02. The van der Waals surface area contributed by atoms with Crippen molar-refractivity contribution in [2.24, 2.45) is 12.8 Å². The van der Waals surface area contributed by atoms with E-state index >= 15 is 0 Å². The Labute approximate surface area is 148 Å². The molecule has 6 nitrogen and oxygen atoms in total. The summed E-state index contributed by atoms with van der Waals surface area (Å²) in [6.45, 7) is 1.65. The summed E-state index contributed by atoms with van der Waals surface area (Å²) in [5, 5.41) is 2.93. The molecule has 2 atom stereocenters. The van der Waals surface area contributed by atoms with Crippen molar-refractivity contribution >= 4 is 30.7 Å². The number of imidazole rings is 1. The van der Waals surface area contributed by atoms with E-state index in [2.05, 4.69) is 10.3 Å². The maximum atomic E-state index is 12.0. The summed E-state index contributed by atoms with van der Waals surface area (Å²) in [6.07, 6.45) is 3.54. The lowest BCUT2D eigenvalue weighted by molar-refractivity contribution is -0.122. The summed E-state index contributed by atoms with van der Waals surface area (Å²) in [5.74, 6) is 1.28. The van der Waals surface area contributed by atoms with Crippen molar-refractivity contribution in [1.82, 2.24) is 14.9 Å². The van der Waals surface area contributed by atoms with Crippen LogP contribution in [0.2, 0.25) is 0 Å². The molecule has 23 heavy (non-hydrogen) atoms. The van der Waals surface area contributed by atoms with Gasteiger partial charge in [-0.2, -0.15) is 0 Å². The van der Waals surface area contributed by atoms with Gasteiger partial charge in [0.25, 0.3) is 0 Å². The van der Waals surface area contributed by atoms with Crippen molar-refractivity contribution in [1.29, 1.82) is 0 Å². The van der Waals surface area contributed by atoms with E-state index in [1.54, 1.807) is 20.2 Å². The smallest absolute Gasteiger partial charge is 0.237 e. The Bertz CT molecular complexity index is 614. The van der Waals surface area contributed by atoms with Gasteiger partial charge < -0.3 is 20.4 Å². The number of methoxy groups -OCH3 is 1. The summed E-state index contributed by atoms with van der Waals surface area (Å²) in [7, 11) is 3.50. The molecule has 2 rings (SSSR count). The summed E-state index contributed by atoms with van der Waals surface area (Å²) in [6, 6.07) is 6.58. The molecule has 1 aromatic carbocycles. The second-order valence-corrected chi connectivity index (χ2v) is 4.90. The summed E-state index contributed by atoms with van der Waals surface area (Å²) in [4.78, 5) is 16.3. The highest BCUT2D eigenvalue weighted by Crippen LogP contribution is 2.23. The first-order chi connectivity index (χ1) is 10.0. The van der Waals surface area contributed by atoms with Crippen LogP contribution in [-0.4, -0.2) is 28.6 Å². The van der Waals surface area contributed by atoms with Gasteiger partial charge in [0.1, 0.15) is 17.6 Å². The average molecular weight is 361 g/mol. The number of nitrogens with two attached hydrogens (primary N) is 1. The fraction of sp³-hybridized carbons (Fsp3) is 0.333. The van der Waals surface area contributed by atoms with Gasteiger partial charge in [0.05, 0.1) is 13.2 Å². The summed E-state index contributed by atoms with van der Waals surface area (Å²) in [5.41, 5.74) is 6.56. The molecule has 0 aliphatic heterocycles. The van der Waals surface area contributed by atoms with E-state index in [1.807, 2.05) is 42.1 Å². The minimum Gasteiger partial charge on any atom is -0.497 e. The van der Waals surface area contributed by atoms with E-state index in [-0.39, 0.29) is 36.8 Å². The lowest BCUT2D eigenvalue weighted by Gasteiger charge is -2.20. The van der Waals surface area contributed by atoms with Crippen molar-refractivity contribution in [3.63, 3.8) is 0 Å². The monoisotopic (exact) mass is 360 g/mol. The van der Waals surface area contributed by atoms with Crippen LogP contribution in [0.3, 0.4) is 0 Å². The number of carbonyl (C=O) groups is 1. The number of rotatable bonds is 5. The van der Waals surface area contributed by atoms with Crippen LogP contribution in [0.25, 0.3) is 0 Å². The second-order valence-electron chi connectivity index (χ2n) is 4.90. The van der Waals surface area contributed by atoms with E-state index in [9.17, 15) is 4.79 Å². The van der Waals surface area contributed by atoms with Crippen molar-refractivity contribution in [3.05, 3.63) is 48.0 Å². The van der Waals surface area contributed by atoms with Crippen molar-refractivity contribution in [2.45, 2.75) is 19.0 Å². The van der Waals surface area contributed by atoms with Crippen LogP contribution in [0.15, 0.2) is 36.7 Å². The number of carbonyl (C=O) groups excluding carboxylic acids is 1. The molecule has 0 saturated carbocycles. The van der Waals surface area contributed by atoms with E-state index in [1.165, 1.54) is 0 Å². The van der Waals surface area contributed by atoms with Crippen LogP contribution in [0.1, 0.15) is 24.4 Å². The number of aryl methyl sites for hydroxylation is 1. The third-order valence-corrected chi connectivity index (χ3v) is 3.27. The second kappa shape index (κ2) is 9.39. The van der Waals surface area contributed by atoms with E-state index < -0.39 is 6.04 Å². The van der Waals surface area contributed by atoms with Crippen molar-refractivity contribution in [2.75, 3.05) is 7.11 Å². The van der Waals surface area contributed by atoms with Gasteiger partial charge in [-0.15, -0.1) is 24.8 Å². The summed E-state index contributed by atoms with van der Waals surface area (Å²) >= 11 is 0. The first kappa shape index (κ1) is 21.2. The number of aromatic nitrogens is 2. The fourth-order valence-corrected chi connectivity index (χ4v) is 2.02. The largest absolute Gasteiger partial charge is 0.497 e. The van der Waals surface area contributed by atoms with Gasteiger partial charge in [-0.1, -0.05) is 12.1 Å². The van der Waals surface area contributed by atoms with E-state index in [0.29, 0.717) is 0 Å². The topological polar surface area (TPSA) is 82.2 Å². The van der Waals surface area contributed by atoms with Crippen LogP contribution in [0, 0.1) is 0 Å². The molecule has 3 N–H and O–H groups in total. The van der Waals surface area contributed by atoms with Gasteiger partial charge in [-0.25, -0.2) is 4.98 Å². The first-order valence-electron chi connectivity index (χ1n) is 6.70. The quantitative estimate of drug-likeness (QED) is 0.851. The molecule has 8 heteroatoms. The molecule has 0 saturated heterocycles. The zero-order valence-corrected chi connectivity index (χ0v) is 14.9. The minimum absolute atomic E-state index is 0. The molecule has 128 valence electrons. The lowest BCUT2D eigenvalue weighted by Crippen LogP contribution is -2.41. The normalized spacial score (nSPS) is 12.3. The Morgan fingerprint density at radius 1 is 1.30 bits per heavy atom. The molecule has 1 unspecified atom stereocenters. The maximum absolute atomic E-state index is 12.0. The Hall–Kier alpha value is -1.76. The Balaban J connectivity index is 0.00000242. The van der Waals surface area contributed by atoms with Crippen molar-refractivity contribution < 1.29 is 9.53 Å². The van der Waals surface area contributed by atoms with Gasteiger partial charge in [-0.3, -0.25) is 4.79 Å². The number of amides is 1. The molecular weight excluding hydrogens is 339 g/mol.